The first-order valence-corrected chi connectivity index (χ1v) is 6.74. The molecular weight excluding hydrogens is 252 g/mol. The molecule has 0 unspecified atom stereocenters. The third-order valence-corrected chi connectivity index (χ3v) is 4.83. The van der Waals surface area contributed by atoms with Crippen molar-refractivity contribution in [1.29, 1.82) is 0 Å². The molecule has 1 fully saturated rings. The number of nitrogens with zero attached hydrogens (tertiary/aromatic N) is 1. The van der Waals surface area contributed by atoms with Crippen molar-refractivity contribution >= 4 is 28.2 Å². The van der Waals surface area contributed by atoms with Crippen LogP contribution in [0.15, 0.2) is 0 Å². The van der Waals surface area contributed by atoms with Gasteiger partial charge in [-0.15, -0.1) is 12.4 Å². The summed E-state index contributed by atoms with van der Waals surface area (Å²) in [5.41, 5.74) is 0. The Balaban J connectivity index is 0.00000225. The number of halogens is 1. The second-order valence-corrected chi connectivity index (χ2v) is 6.73. The van der Waals surface area contributed by atoms with Gasteiger partial charge in [-0.3, -0.25) is 4.79 Å². The van der Waals surface area contributed by atoms with Gasteiger partial charge >= 0.3 is 0 Å². The van der Waals surface area contributed by atoms with Gasteiger partial charge in [-0.1, -0.05) is 0 Å². The SMILES string of the molecule is CC(C)S(=O)(=O)CC(=O)N(C)C1CNC1.Cl. The number of likely N-dealkylation sites (N-methyl/N-ethyl adjacent to an activating group) is 1. The summed E-state index contributed by atoms with van der Waals surface area (Å²) in [6.07, 6.45) is 0. The Bertz CT molecular complexity index is 339. The highest BCUT2D eigenvalue weighted by Crippen LogP contribution is 2.06. The zero-order valence-corrected chi connectivity index (χ0v) is 11.4. The van der Waals surface area contributed by atoms with Gasteiger partial charge < -0.3 is 10.2 Å². The smallest absolute Gasteiger partial charge is 0.237 e. The second kappa shape index (κ2) is 5.84. The number of amides is 1. The standard InChI is InChI=1S/C9H18N2O3S.ClH/c1-7(2)15(13,14)6-9(12)11(3)8-4-10-5-8;/h7-8,10H,4-6H2,1-3H3;1H. The van der Waals surface area contributed by atoms with Crippen LogP contribution in [0.25, 0.3) is 0 Å². The lowest BCUT2D eigenvalue weighted by Gasteiger charge is -2.35. The molecule has 1 aliphatic heterocycles. The Morgan fingerprint density at radius 1 is 1.44 bits per heavy atom. The minimum absolute atomic E-state index is 0. The molecule has 0 aromatic heterocycles. The Labute approximate surface area is 103 Å². The topological polar surface area (TPSA) is 66.5 Å². The van der Waals surface area contributed by atoms with E-state index in [1.165, 1.54) is 4.90 Å². The maximum atomic E-state index is 11.6. The van der Waals surface area contributed by atoms with Crippen LogP contribution >= 0.6 is 12.4 Å². The van der Waals surface area contributed by atoms with Crippen LogP contribution < -0.4 is 5.32 Å². The first kappa shape index (κ1) is 15.7. The van der Waals surface area contributed by atoms with Crippen LogP contribution in [0.4, 0.5) is 0 Å². The number of sulfone groups is 1. The number of carbonyl (C=O) groups is 1. The average Bonchev–Trinajstić information content (AvgIpc) is 1.99. The second-order valence-electron chi connectivity index (χ2n) is 4.17. The van der Waals surface area contributed by atoms with Gasteiger partial charge in [0.05, 0.1) is 11.3 Å². The van der Waals surface area contributed by atoms with Crippen LogP contribution in [0.2, 0.25) is 0 Å². The van der Waals surface area contributed by atoms with Crippen molar-refractivity contribution in [3.63, 3.8) is 0 Å². The van der Waals surface area contributed by atoms with E-state index in [4.69, 9.17) is 0 Å². The van der Waals surface area contributed by atoms with E-state index < -0.39 is 15.1 Å². The largest absolute Gasteiger partial charge is 0.339 e. The van der Waals surface area contributed by atoms with Crippen molar-refractivity contribution in [1.82, 2.24) is 10.2 Å². The van der Waals surface area contributed by atoms with E-state index in [1.54, 1.807) is 20.9 Å². The molecule has 1 saturated heterocycles. The van der Waals surface area contributed by atoms with Gasteiger partial charge in [-0.2, -0.15) is 0 Å². The fourth-order valence-corrected chi connectivity index (χ4v) is 2.07. The molecule has 1 aliphatic rings. The third-order valence-electron chi connectivity index (χ3n) is 2.74. The number of nitrogens with one attached hydrogen (secondary N) is 1. The van der Waals surface area contributed by atoms with Crippen LogP contribution in [0.3, 0.4) is 0 Å². The van der Waals surface area contributed by atoms with Gasteiger partial charge in [0.15, 0.2) is 9.84 Å². The summed E-state index contributed by atoms with van der Waals surface area (Å²) < 4.78 is 23.0. The van der Waals surface area contributed by atoms with Crippen LogP contribution in [0.5, 0.6) is 0 Å². The molecule has 1 heterocycles. The summed E-state index contributed by atoms with van der Waals surface area (Å²) in [4.78, 5) is 13.1. The van der Waals surface area contributed by atoms with Gasteiger partial charge in [0.2, 0.25) is 5.91 Å². The zero-order valence-electron chi connectivity index (χ0n) is 9.76. The quantitative estimate of drug-likeness (QED) is 0.759. The van der Waals surface area contributed by atoms with E-state index in [0.717, 1.165) is 13.1 Å². The summed E-state index contributed by atoms with van der Waals surface area (Å²) in [7, 11) is -1.62. The van der Waals surface area contributed by atoms with Gasteiger partial charge in [-0.05, 0) is 13.8 Å². The summed E-state index contributed by atoms with van der Waals surface area (Å²) in [5.74, 6) is -0.687. The molecular formula is C9H19ClN2O3S. The lowest BCUT2D eigenvalue weighted by atomic mass is 10.1. The van der Waals surface area contributed by atoms with Crippen molar-refractivity contribution in [2.45, 2.75) is 25.1 Å². The minimum Gasteiger partial charge on any atom is -0.339 e. The van der Waals surface area contributed by atoms with Gasteiger partial charge in [-0.25, -0.2) is 8.42 Å². The molecule has 0 aromatic rings. The molecule has 1 rings (SSSR count). The molecule has 16 heavy (non-hydrogen) atoms. The maximum absolute atomic E-state index is 11.6. The number of carbonyl (C=O) groups excluding carboxylic acids is 1. The van der Waals surface area contributed by atoms with Crippen molar-refractivity contribution in [2.24, 2.45) is 0 Å². The molecule has 0 aromatic carbocycles. The van der Waals surface area contributed by atoms with E-state index in [0.29, 0.717) is 0 Å². The van der Waals surface area contributed by atoms with E-state index in [9.17, 15) is 13.2 Å². The average molecular weight is 271 g/mol. The first-order valence-electron chi connectivity index (χ1n) is 5.02. The highest BCUT2D eigenvalue weighted by Gasteiger charge is 2.29. The fraction of sp³-hybridized carbons (Fsp3) is 0.889. The molecule has 5 nitrogen and oxygen atoms in total. The monoisotopic (exact) mass is 270 g/mol. The summed E-state index contributed by atoms with van der Waals surface area (Å²) in [6, 6.07) is 0.153. The Morgan fingerprint density at radius 3 is 2.25 bits per heavy atom. The normalized spacial score (nSPS) is 16.5. The highest BCUT2D eigenvalue weighted by molar-refractivity contribution is 7.92. The lowest BCUT2D eigenvalue weighted by molar-refractivity contribution is -0.130. The number of hydrogen-bond acceptors (Lipinski definition) is 4. The van der Waals surface area contributed by atoms with E-state index in [1.807, 2.05) is 0 Å². The molecule has 0 bridgehead atoms. The van der Waals surface area contributed by atoms with Crippen LogP contribution in [0, 0.1) is 0 Å². The van der Waals surface area contributed by atoms with E-state index >= 15 is 0 Å². The predicted octanol–water partition coefficient (Wildman–Crippen LogP) is -0.338. The summed E-state index contributed by atoms with van der Waals surface area (Å²) in [5, 5.41) is 2.55. The van der Waals surface area contributed by atoms with Crippen molar-refractivity contribution in [3.8, 4) is 0 Å². The molecule has 0 aliphatic carbocycles. The molecule has 0 saturated carbocycles. The fourth-order valence-electron chi connectivity index (χ4n) is 1.19. The minimum atomic E-state index is -3.27. The predicted molar refractivity (Wildman–Crippen MR) is 65.6 cm³/mol. The van der Waals surface area contributed by atoms with Gasteiger partial charge in [0.1, 0.15) is 5.75 Å². The third kappa shape index (κ3) is 3.61. The first-order chi connectivity index (χ1) is 6.84. The molecule has 1 amide bonds. The Kier molecular flexibility index (Phi) is 5.72. The van der Waals surface area contributed by atoms with E-state index in [2.05, 4.69) is 5.32 Å². The van der Waals surface area contributed by atoms with Crippen LogP contribution in [-0.4, -0.2) is 56.4 Å². The number of hydrogen-bond donors (Lipinski definition) is 1. The van der Waals surface area contributed by atoms with Crippen molar-refractivity contribution in [2.75, 3.05) is 25.9 Å². The maximum Gasteiger partial charge on any atom is 0.237 e. The molecule has 7 heteroatoms. The van der Waals surface area contributed by atoms with Crippen LogP contribution in [-0.2, 0) is 14.6 Å². The Morgan fingerprint density at radius 2 is 1.94 bits per heavy atom. The number of rotatable bonds is 4. The highest BCUT2D eigenvalue weighted by atomic mass is 35.5. The molecule has 0 atom stereocenters. The summed E-state index contributed by atoms with van der Waals surface area (Å²) in [6.45, 7) is 4.69. The summed E-state index contributed by atoms with van der Waals surface area (Å²) >= 11 is 0. The van der Waals surface area contributed by atoms with Gasteiger partial charge in [0, 0.05) is 20.1 Å². The molecule has 96 valence electrons. The molecule has 1 N–H and O–H groups in total. The lowest BCUT2D eigenvalue weighted by Crippen LogP contribution is -2.58. The van der Waals surface area contributed by atoms with E-state index in [-0.39, 0.29) is 30.1 Å². The zero-order chi connectivity index (χ0) is 11.6. The molecule has 0 radical (unpaired) electrons. The van der Waals surface area contributed by atoms with Gasteiger partial charge in [0.25, 0.3) is 0 Å². The Hall–Kier alpha value is -0.330. The molecule has 0 spiro atoms. The van der Waals surface area contributed by atoms with Crippen molar-refractivity contribution in [3.05, 3.63) is 0 Å². The van der Waals surface area contributed by atoms with Crippen molar-refractivity contribution < 1.29 is 13.2 Å². The van der Waals surface area contributed by atoms with Crippen LogP contribution in [0.1, 0.15) is 13.8 Å².